The second-order valence-electron chi connectivity index (χ2n) is 6.25. The van der Waals surface area contributed by atoms with Crippen molar-refractivity contribution in [2.45, 2.75) is 32.9 Å². The zero-order valence-corrected chi connectivity index (χ0v) is 12.8. The van der Waals surface area contributed by atoms with Crippen LogP contribution in [0.2, 0.25) is 0 Å². The summed E-state index contributed by atoms with van der Waals surface area (Å²) in [4.78, 5) is 13.8. The van der Waals surface area contributed by atoms with E-state index in [4.69, 9.17) is 4.74 Å². The van der Waals surface area contributed by atoms with Gasteiger partial charge in [-0.15, -0.1) is 0 Å². The van der Waals surface area contributed by atoms with Crippen molar-refractivity contribution >= 4 is 11.9 Å². The van der Waals surface area contributed by atoms with Crippen molar-refractivity contribution in [2.75, 3.05) is 11.4 Å². The number of benzene rings is 1. The standard InChI is InChI=1S/C16H18FN3O2/c1-16(2,3)22-15(21)19-7-8-20-14(19)10-13(18-20)11-5-4-6-12(17)9-11/h4-6,9-10H,7-8H2,1-3H3. The Kier molecular flexibility index (Phi) is 3.39. The SMILES string of the molecule is CC(C)(C)OC(=O)N1CCn2nc(-c3cccc(F)c3)cc21. The summed E-state index contributed by atoms with van der Waals surface area (Å²) < 4.78 is 20.5. The molecule has 116 valence electrons. The van der Waals surface area contributed by atoms with E-state index in [1.165, 1.54) is 12.1 Å². The van der Waals surface area contributed by atoms with Gasteiger partial charge in [-0.3, -0.25) is 4.90 Å². The average Bonchev–Trinajstić information content (AvgIpc) is 2.95. The van der Waals surface area contributed by atoms with Gasteiger partial charge in [0.15, 0.2) is 0 Å². The molecule has 1 aromatic carbocycles. The number of aromatic nitrogens is 2. The quantitative estimate of drug-likeness (QED) is 0.810. The summed E-state index contributed by atoms with van der Waals surface area (Å²) in [5, 5.41) is 4.43. The Labute approximate surface area is 128 Å². The van der Waals surface area contributed by atoms with Gasteiger partial charge >= 0.3 is 6.09 Å². The highest BCUT2D eigenvalue weighted by Gasteiger charge is 2.30. The van der Waals surface area contributed by atoms with Crippen LogP contribution in [-0.2, 0) is 11.3 Å². The van der Waals surface area contributed by atoms with E-state index < -0.39 is 11.7 Å². The molecule has 0 N–H and O–H groups in total. The first-order valence-electron chi connectivity index (χ1n) is 7.18. The van der Waals surface area contributed by atoms with E-state index in [2.05, 4.69) is 5.10 Å². The molecule has 1 amide bonds. The molecule has 0 atom stereocenters. The van der Waals surface area contributed by atoms with Gasteiger partial charge in [-0.2, -0.15) is 5.10 Å². The Balaban J connectivity index is 1.87. The molecule has 1 aromatic heterocycles. The first kappa shape index (κ1) is 14.6. The largest absolute Gasteiger partial charge is 0.443 e. The molecular weight excluding hydrogens is 285 g/mol. The summed E-state index contributed by atoms with van der Waals surface area (Å²) in [6, 6.07) is 8.03. The van der Waals surface area contributed by atoms with Crippen molar-refractivity contribution in [3.8, 4) is 11.3 Å². The van der Waals surface area contributed by atoms with E-state index in [0.29, 0.717) is 30.2 Å². The van der Waals surface area contributed by atoms with Gasteiger partial charge in [0.1, 0.15) is 17.2 Å². The Hall–Kier alpha value is -2.37. The number of rotatable bonds is 1. The molecule has 3 rings (SSSR count). The van der Waals surface area contributed by atoms with Crippen LogP contribution in [0.3, 0.4) is 0 Å². The van der Waals surface area contributed by atoms with Gasteiger partial charge < -0.3 is 4.74 Å². The molecule has 1 aliphatic heterocycles. The molecule has 0 aliphatic carbocycles. The lowest BCUT2D eigenvalue weighted by molar-refractivity contribution is 0.0584. The summed E-state index contributed by atoms with van der Waals surface area (Å²) in [5.41, 5.74) is 0.782. The van der Waals surface area contributed by atoms with Gasteiger partial charge in [-0.05, 0) is 32.9 Å². The highest BCUT2D eigenvalue weighted by atomic mass is 19.1. The molecule has 0 saturated carbocycles. The Morgan fingerprint density at radius 2 is 2.05 bits per heavy atom. The van der Waals surface area contributed by atoms with E-state index in [1.54, 1.807) is 27.8 Å². The zero-order chi connectivity index (χ0) is 15.9. The number of nitrogens with zero attached hydrogens (tertiary/aromatic N) is 3. The molecule has 5 nitrogen and oxygen atoms in total. The lowest BCUT2D eigenvalue weighted by atomic mass is 10.1. The van der Waals surface area contributed by atoms with Crippen molar-refractivity contribution in [3.63, 3.8) is 0 Å². The van der Waals surface area contributed by atoms with Crippen molar-refractivity contribution in [2.24, 2.45) is 0 Å². The predicted octanol–water partition coefficient (Wildman–Crippen LogP) is 3.44. The molecule has 6 heteroatoms. The number of amides is 1. The monoisotopic (exact) mass is 303 g/mol. The highest BCUT2D eigenvalue weighted by Crippen LogP contribution is 2.29. The summed E-state index contributed by atoms with van der Waals surface area (Å²) in [6.07, 6.45) is -0.392. The molecule has 0 saturated heterocycles. The van der Waals surface area contributed by atoms with Gasteiger partial charge in [0.25, 0.3) is 0 Å². The summed E-state index contributed by atoms with van der Waals surface area (Å²) in [7, 11) is 0. The van der Waals surface area contributed by atoms with Crippen LogP contribution in [-0.4, -0.2) is 28.0 Å². The van der Waals surface area contributed by atoms with Crippen LogP contribution < -0.4 is 4.90 Å². The first-order valence-corrected chi connectivity index (χ1v) is 7.18. The number of hydrogen-bond acceptors (Lipinski definition) is 3. The highest BCUT2D eigenvalue weighted by molar-refractivity contribution is 5.88. The zero-order valence-electron chi connectivity index (χ0n) is 12.8. The predicted molar refractivity (Wildman–Crippen MR) is 81.2 cm³/mol. The summed E-state index contributed by atoms with van der Waals surface area (Å²) >= 11 is 0. The van der Waals surface area contributed by atoms with Crippen LogP contribution in [0.5, 0.6) is 0 Å². The van der Waals surface area contributed by atoms with Crippen LogP contribution in [0.1, 0.15) is 20.8 Å². The van der Waals surface area contributed by atoms with Crippen LogP contribution >= 0.6 is 0 Å². The fraction of sp³-hybridized carbons (Fsp3) is 0.375. The molecule has 22 heavy (non-hydrogen) atoms. The molecule has 2 aromatic rings. The molecule has 0 spiro atoms. The number of hydrogen-bond donors (Lipinski definition) is 0. The van der Waals surface area contributed by atoms with Crippen LogP contribution in [0.4, 0.5) is 15.0 Å². The number of fused-ring (bicyclic) bond motifs is 1. The number of carbonyl (C=O) groups excluding carboxylic acids is 1. The van der Waals surface area contributed by atoms with Gasteiger partial charge in [0.2, 0.25) is 0 Å². The maximum absolute atomic E-state index is 13.3. The van der Waals surface area contributed by atoms with Gasteiger partial charge in [0, 0.05) is 11.6 Å². The van der Waals surface area contributed by atoms with Gasteiger partial charge in [0.05, 0.1) is 18.8 Å². The van der Waals surface area contributed by atoms with E-state index in [9.17, 15) is 9.18 Å². The molecule has 2 heterocycles. The average molecular weight is 303 g/mol. The third kappa shape index (κ3) is 2.81. The fourth-order valence-electron chi connectivity index (χ4n) is 2.39. The summed E-state index contributed by atoms with van der Waals surface area (Å²) in [6.45, 7) is 6.62. The minimum Gasteiger partial charge on any atom is -0.443 e. The number of anilines is 1. The fourth-order valence-corrected chi connectivity index (χ4v) is 2.39. The van der Waals surface area contributed by atoms with Crippen molar-refractivity contribution in [3.05, 3.63) is 36.1 Å². The van der Waals surface area contributed by atoms with Crippen molar-refractivity contribution in [1.29, 1.82) is 0 Å². The van der Waals surface area contributed by atoms with Crippen LogP contribution in [0.15, 0.2) is 30.3 Å². The van der Waals surface area contributed by atoms with Crippen LogP contribution in [0, 0.1) is 5.82 Å². The lowest BCUT2D eigenvalue weighted by Crippen LogP contribution is -2.35. The second kappa shape index (κ2) is 5.12. The maximum atomic E-state index is 13.3. The molecule has 1 aliphatic rings. The van der Waals surface area contributed by atoms with E-state index in [0.717, 1.165) is 0 Å². The smallest absolute Gasteiger partial charge is 0.416 e. The molecule has 0 unspecified atom stereocenters. The van der Waals surface area contributed by atoms with Crippen molar-refractivity contribution in [1.82, 2.24) is 9.78 Å². The molecule has 0 bridgehead atoms. The minimum atomic E-state index is -0.546. The van der Waals surface area contributed by atoms with Gasteiger partial charge in [-0.1, -0.05) is 12.1 Å². The third-order valence-electron chi connectivity index (χ3n) is 3.30. The number of halogens is 1. The molecule has 0 fully saturated rings. The first-order chi connectivity index (χ1) is 10.3. The minimum absolute atomic E-state index is 0.311. The number of ether oxygens (including phenoxy) is 1. The number of carbonyl (C=O) groups is 1. The van der Waals surface area contributed by atoms with Gasteiger partial charge in [-0.25, -0.2) is 13.9 Å². The van der Waals surface area contributed by atoms with Crippen LogP contribution in [0.25, 0.3) is 11.3 Å². The second-order valence-corrected chi connectivity index (χ2v) is 6.25. The summed E-state index contributed by atoms with van der Waals surface area (Å²) in [5.74, 6) is 0.364. The Bertz CT molecular complexity index is 718. The third-order valence-corrected chi connectivity index (χ3v) is 3.30. The topological polar surface area (TPSA) is 47.4 Å². The van der Waals surface area contributed by atoms with E-state index >= 15 is 0 Å². The lowest BCUT2D eigenvalue weighted by Gasteiger charge is -2.23. The molecule has 0 radical (unpaired) electrons. The van der Waals surface area contributed by atoms with E-state index in [1.807, 2.05) is 20.8 Å². The van der Waals surface area contributed by atoms with Crippen molar-refractivity contribution < 1.29 is 13.9 Å². The molecular formula is C16H18FN3O2. The van der Waals surface area contributed by atoms with E-state index in [-0.39, 0.29) is 5.82 Å². The Morgan fingerprint density at radius 1 is 1.27 bits per heavy atom. The Morgan fingerprint density at radius 3 is 2.73 bits per heavy atom. The maximum Gasteiger partial charge on any atom is 0.416 e. The normalized spacial score (nSPS) is 14.1.